The van der Waals surface area contributed by atoms with Crippen molar-refractivity contribution in [3.05, 3.63) is 101 Å². The van der Waals surface area contributed by atoms with Crippen LogP contribution in [0.3, 0.4) is 0 Å². The molecule has 4 aromatic rings. The summed E-state index contributed by atoms with van der Waals surface area (Å²) in [4.78, 5) is 45.6. The fourth-order valence-electron chi connectivity index (χ4n) is 3.85. The summed E-state index contributed by atoms with van der Waals surface area (Å²) in [6, 6.07) is 17.7. The molecule has 0 aliphatic heterocycles. The Balaban J connectivity index is 1.83. The van der Waals surface area contributed by atoms with E-state index in [2.05, 4.69) is 9.97 Å². The van der Waals surface area contributed by atoms with E-state index in [4.69, 9.17) is 4.74 Å². The number of aromatic amines is 1. The lowest BCUT2D eigenvalue weighted by Gasteiger charge is -2.18. The number of carbonyl (C=O) groups is 3. The van der Waals surface area contributed by atoms with Crippen LogP contribution in [0.4, 0.5) is 4.39 Å². The van der Waals surface area contributed by atoms with E-state index in [-0.39, 0.29) is 28.1 Å². The molecule has 0 spiro atoms. The van der Waals surface area contributed by atoms with Crippen LogP contribution in [-0.4, -0.2) is 49.9 Å². The average Bonchev–Trinajstić information content (AvgIpc) is 3.30. The molecule has 0 fully saturated rings. The van der Waals surface area contributed by atoms with E-state index in [0.29, 0.717) is 11.0 Å². The Kier molecular flexibility index (Phi) is 7.26. The van der Waals surface area contributed by atoms with Gasteiger partial charge in [-0.1, -0.05) is 42.5 Å². The summed E-state index contributed by atoms with van der Waals surface area (Å²) >= 11 is 0. The Bertz CT molecular complexity index is 1510. The number of para-hydroxylation sites is 2. The van der Waals surface area contributed by atoms with Gasteiger partial charge in [-0.15, -0.1) is 0 Å². The minimum atomic E-state index is -1.46. The van der Waals surface area contributed by atoms with E-state index in [9.17, 15) is 29.0 Å². The van der Waals surface area contributed by atoms with E-state index in [1.165, 1.54) is 49.4 Å². The number of allylic oxidation sites excluding steroid dienone is 1. The lowest BCUT2D eigenvalue weighted by molar-refractivity contribution is -0.148. The van der Waals surface area contributed by atoms with Crippen molar-refractivity contribution in [1.82, 2.24) is 9.97 Å². The number of benzene rings is 3. The van der Waals surface area contributed by atoms with Crippen LogP contribution in [-0.2, 0) is 9.53 Å². The third-order valence-electron chi connectivity index (χ3n) is 5.59. The molecule has 8 nitrogen and oxygen atoms in total. The second kappa shape index (κ2) is 10.5. The Hall–Kier alpha value is -4.63. The number of fused-ring (bicyclic) bond motifs is 1. The number of imidazole rings is 1. The van der Waals surface area contributed by atoms with Crippen molar-refractivity contribution in [3.8, 4) is 0 Å². The molecular formula is C28H23FN2O6. The normalized spacial score (nSPS) is 13.5. The maximum absolute atomic E-state index is 13.9. The lowest BCUT2D eigenvalue weighted by atomic mass is 9.95. The minimum Gasteiger partial charge on any atom is -0.506 e. The van der Waals surface area contributed by atoms with Crippen molar-refractivity contribution in [2.24, 2.45) is 0 Å². The van der Waals surface area contributed by atoms with E-state index in [1.54, 1.807) is 24.3 Å². The van der Waals surface area contributed by atoms with E-state index >= 15 is 0 Å². The number of aromatic nitrogens is 2. The predicted octanol–water partition coefficient (Wildman–Crippen LogP) is 4.51. The first-order valence-electron chi connectivity index (χ1n) is 11.3. The van der Waals surface area contributed by atoms with Gasteiger partial charge in [0.05, 0.1) is 17.1 Å². The molecule has 0 amide bonds. The zero-order valence-corrected chi connectivity index (χ0v) is 19.9. The van der Waals surface area contributed by atoms with Crippen molar-refractivity contribution in [2.75, 3.05) is 0 Å². The average molecular weight is 502 g/mol. The number of halogens is 1. The van der Waals surface area contributed by atoms with Crippen LogP contribution < -0.4 is 0 Å². The highest BCUT2D eigenvalue weighted by molar-refractivity contribution is 6.33. The highest BCUT2D eigenvalue weighted by atomic mass is 19.1. The molecule has 0 bridgehead atoms. The van der Waals surface area contributed by atoms with Gasteiger partial charge < -0.3 is 19.9 Å². The first kappa shape index (κ1) is 25.5. The van der Waals surface area contributed by atoms with Crippen LogP contribution in [0.1, 0.15) is 46.0 Å². The molecule has 1 heterocycles. The van der Waals surface area contributed by atoms with Gasteiger partial charge in [-0.25, -0.2) is 9.37 Å². The molecule has 0 aliphatic carbocycles. The number of carbonyl (C=O) groups excluding carboxylic acids is 3. The summed E-state index contributed by atoms with van der Waals surface area (Å²) in [5.41, 5.74) is 0.988. The highest BCUT2D eigenvalue weighted by Gasteiger charge is 2.29. The van der Waals surface area contributed by atoms with E-state index in [0.717, 1.165) is 13.0 Å². The quantitative estimate of drug-likeness (QED) is 0.140. The zero-order valence-electron chi connectivity index (χ0n) is 19.9. The molecular weight excluding hydrogens is 479 g/mol. The Morgan fingerprint density at radius 1 is 0.946 bits per heavy atom. The number of aliphatic hydroxyl groups excluding tert-OH is 2. The molecule has 2 atom stereocenters. The number of rotatable bonds is 8. The molecule has 0 saturated carbocycles. The maximum Gasteiger partial charge on any atom is 0.303 e. The number of nitrogens with zero attached hydrogens (tertiary/aromatic N) is 1. The SMILES string of the molecule is CC(=O)OC(C(=O)c1cccc(C(=O)/C(=C(\O)c2cccc(F)c2)c2nc3ccccc3[nH]2)c1)C(C)O. The fourth-order valence-corrected chi connectivity index (χ4v) is 3.85. The van der Waals surface area contributed by atoms with Gasteiger partial charge in [0.15, 0.2) is 6.10 Å². The van der Waals surface area contributed by atoms with Crippen LogP contribution in [0.25, 0.3) is 22.4 Å². The molecule has 3 N–H and O–H groups in total. The molecule has 188 valence electrons. The number of ketones is 2. The lowest BCUT2D eigenvalue weighted by Crippen LogP contribution is -2.36. The molecule has 37 heavy (non-hydrogen) atoms. The third kappa shape index (κ3) is 5.46. The van der Waals surface area contributed by atoms with Crippen LogP contribution in [0.5, 0.6) is 0 Å². The van der Waals surface area contributed by atoms with E-state index < -0.39 is 41.3 Å². The van der Waals surface area contributed by atoms with Crippen molar-refractivity contribution in [2.45, 2.75) is 26.1 Å². The van der Waals surface area contributed by atoms with Gasteiger partial charge in [-0.05, 0) is 37.3 Å². The number of hydrogen-bond donors (Lipinski definition) is 3. The van der Waals surface area contributed by atoms with Gasteiger partial charge in [0.25, 0.3) is 0 Å². The van der Waals surface area contributed by atoms with Crippen molar-refractivity contribution in [3.63, 3.8) is 0 Å². The number of hydrogen-bond acceptors (Lipinski definition) is 7. The van der Waals surface area contributed by atoms with Crippen LogP contribution in [0, 0.1) is 5.82 Å². The maximum atomic E-state index is 13.9. The Morgan fingerprint density at radius 3 is 2.30 bits per heavy atom. The predicted molar refractivity (Wildman–Crippen MR) is 134 cm³/mol. The number of ether oxygens (including phenoxy) is 1. The Labute approximate surface area is 211 Å². The van der Waals surface area contributed by atoms with Gasteiger partial charge >= 0.3 is 5.97 Å². The summed E-state index contributed by atoms with van der Waals surface area (Å²) < 4.78 is 18.9. The molecule has 3 aromatic carbocycles. The second-order valence-corrected chi connectivity index (χ2v) is 8.38. The van der Waals surface area contributed by atoms with Crippen LogP contribution in [0.2, 0.25) is 0 Å². The van der Waals surface area contributed by atoms with Crippen molar-refractivity contribution >= 4 is 39.9 Å². The Morgan fingerprint density at radius 2 is 1.62 bits per heavy atom. The standard InChI is InChI=1S/C28H23FN2O6/c1-15(32)27(37-16(2)33)26(36)18-8-5-7-17(13-18)24(34)23(25(35)19-9-6-10-20(29)14-19)28-30-21-11-3-4-12-22(21)31-28/h3-15,27,32,35H,1-2H3,(H,30,31)/b25-23+. The summed E-state index contributed by atoms with van der Waals surface area (Å²) in [5, 5.41) is 21.1. The zero-order chi connectivity index (χ0) is 26.7. The first-order valence-corrected chi connectivity index (χ1v) is 11.3. The molecule has 4 rings (SSSR count). The first-order chi connectivity index (χ1) is 17.7. The van der Waals surface area contributed by atoms with Gasteiger partial charge in [0.2, 0.25) is 11.6 Å². The van der Waals surface area contributed by atoms with Crippen molar-refractivity contribution in [1.29, 1.82) is 0 Å². The van der Waals surface area contributed by atoms with Crippen molar-refractivity contribution < 1.29 is 33.7 Å². The summed E-state index contributed by atoms with van der Waals surface area (Å²) in [5.74, 6) is -3.22. The molecule has 0 radical (unpaired) electrons. The number of Topliss-reactive ketones (excluding diaryl/α,β-unsaturated/α-hetero) is 2. The number of esters is 1. The van der Waals surface area contributed by atoms with Gasteiger partial charge in [-0.2, -0.15) is 0 Å². The topological polar surface area (TPSA) is 130 Å². The number of H-pyrrole nitrogens is 1. The summed E-state index contributed by atoms with van der Waals surface area (Å²) in [7, 11) is 0. The monoisotopic (exact) mass is 502 g/mol. The summed E-state index contributed by atoms with van der Waals surface area (Å²) in [6.45, 7) is 2.42. The number of nitrogens with one attached hydrogen (secondary N) is 1. The number of aliphatic hydroxyl groups is 2. The van der Waals surface area contributed by atoms with E-state index in [1.807, 2.05) is 0 Å². The fraction of sp³-hybridized carbons (Fsp3) is 0.143. The second-order valence-electron chi connectivity index (χ2n) is 8.38. The van der Waals surface area contributed by atoms with Gasteiger partial charge in [0.1, 0.15) is 23.0 Å². The largest absolute Gasteiger partial charge is 0.506 e. The van der Waals surface area contributed by atoms with Gasteiger partial charge in [-0.3, -0.25) is 14.4 Å². The molecule has 0 saturated heterocycles. The minimum absolute atomic E-state index is 0.00667. The van der Waals surface area contributed by atoms with Crippen LogP contribution >= 0.6 is 0 Å². The molecule has 1 aromatic heterocycles. The molecule has 2 unspecified atom stereocenters. The highest BCUT2D eigenvalue weighted by Crippen LogP contribution is 2.29. The van der Waals surface area contributed by atoms with Crippen LogP contribution in [0.15, 0.2) is 72.8 Å². The van der Waals surface area contributed by atoms with Gasteiger partial charge in [0, 0.05) is 23.6 Å². The molecule has 9 heteroatoms. The smallest absolute Gasteiger partial charge is 0.303 e. The molecule has 0 aliphatic rings. The third-order valence-corrected chi connectivity index (χ3v) is 5.59. The summed E-state index contributed by atoms with van der Waals surface area (Å²) in [6.07, 6.45) is -2.76.